The Labute approximate surface area is 106 Å². The third-order valence-corrected chi connectivity index (χ3v) is 3.37. The molecule has 2 aliphatic rings. The van der Waals surface area contributed by atoms with Crippen molar-refractivity contribution in [2.45, 2.75) is 50.8 Å². The second-order valence-corrected chi connectivity index (χ2v) is 5.11. The number of urea groups is 1. The zero-order valence-corrected chi connectivity index (χ0v) is 10.6. The predicted octanol–water partition coefficient (Wildman–Crippen LogP) is 0.812. The molecular formula is C12H20N2O4. The van der Waals surface area contributed by atoms with E-state index in [1.807, 2.05) is 6.92 Å². The van der Waals surface area contributed by atoms with Crippen LogP contribution in [0, 0.1) is 0 Å². The van der Waals surface area contributed by atoms with Crippen molar-refractivity contribution in [2.75, 3.05) is 13.2 Å². The summed E-state index contributed by atoms with van der Waals surface area (Å²) in [6, 6.07) is -0.0475. The number of carbonyl (C=O) groups excluding carboxylic acids is 1. The van der Waals surface area contributed by atoms with Gasteiger partial charge in [-0.2, -0.15) is 0 Å². The van der Waals surface area contributed by atoms with Gasteiger partial charge in [-0.05, 0) is 32.6 Å². The van der Waals surface area contributed by atoms with E-state index in [0.29, 0.717) is 6.61 Å². The molecule has 0 bridgehead atoms. The molecule has 1 heterocycles. The largest absolute Gasteiger partial charge is 0.480 e. The minimum absolute atomic E-state index is 0.0938. The second kappa shape index (κ2) is 5.56. The van der Waals surface area contributed by atoms with Gasteiger partial charge >= 0.3 is 12.0 Å². The number of nitrogens with zero attached hydrogens (tertiary/aromatic N) is 1. The van der Waals surface area contributed by atoms with Crippen molar-refractivity contribution in [1.29, 1.82) is 0 Å². The summed E-state index contributed by atoms with van der Waals surface area (Å²) in [6.07, 6.45) is 3.55. The summed E-state index contributed by atoms with van der Waals surface area (Å²) in [7, 11) is 0. The minimum atomic E-state index is -0.961. The topological polar surface area (TPSA) is 78.9 Å². The van der Waals surface area contributed by atoms with Crippen LogP contribution < -0.4 is 5.32 Å². The highest BCUT2D eigenvalue weighted by molar-refractivity contribution is 5.80. The Bertz CT molecular complexity index is 330. The average molecular weight is 256 g/mol. The standard InChI is InChI=1S/C12H20N2O4/c1-8-6-9(4-5-18-8)13-12(17)14(7-11(15)16)10-2-3-10/h8-10H,2-7H2,1H3,(H,13,17)(H,15,16). The number of amides is 2. The van der Waals surface area contributed by atoms with Crippen molar-refractivity contribution < 1.29 is 19.4 Å². The molecule has 1 saturated carbocycles. The van der Waals surface area contributed by atoms with Crippen LogP contribution in [-0.2, 0) is 9.53 Å². The van der Waals surface area contributed by atoms with E-state index in [4.69, 9.17) is 9.84 Å². The third-order valence-electron chi connectivity index (χ3n) is 3.37. The van der Waals surface area contributed by atoms with Crippen molar-refractivity contribution in [3.63, 3.8) is 0 Å². The molecule has 2 N–H and O–H groups in total. The number of ether oxygens (including phenoxy) is 1. The molecular weight excluding hydrogens is 236 g/mol. The van der Waals surface area contributed by atoms with Crippen molar-refractivity contribution in [1.82, 2.24) is 10.2 Å². The van der Waals surface area contributed by atoms with E-state index < -0.39 is 5.97 Å². The van der Waals surface area contributed by atoms with Crippen LogP contribution in [0.3, 0.4) is 0 Å². The molecule has 2 fully saturated rings. The van der Waals surface area contributed by atoms with Gasteiger partial charge in [-0.1, -0.05) is 0 Å². The molecule has 0 spiro atoms. The Morgan fingerprint density at radius 2 is 2.11 bits per heavy atom. The Hall–Kier alpha value is -1.30. The van der Waals surface area contributed by atoms with Crippen molar-refractivity contribution in [2.24, 2.45) is 0 Å². The molecule has 1 saturated heterocycles. The number of nitrogens with one attached hydrogen (secondary N) is 1. The first-order chi connectivity index (χ1) is 8.56. The lowest BCUT2D eigenvalue weighted by atomic mass is 10.0. The monoisotopic (exact) mass is 256 g/mol. The molecule has 2 atom stereocenters. The number of rotatable bonds is 4. The molecule has 1 aliphatic carbocycles. The summed E-state index contributed by atoms with van der Waals surface area (Å²) in [5, 5.41) is 11.7. The average Bonchev–Trinajstić information content (AvgIpc) is 3.09. The smallest absolute Gasteiger partial charge is 0.323 e. The molecule has 6 heteroatoms. The molecule has 2 amide bonds. The SMILES string of the molecule is CC1CC(NC(=O)N(CC(=O)O)C2CC2)CCO1. The van der Waals surface area contributed by atoms with Gasteiger partial charge in [0, 0.05) is 18.7 Å². The maximum Gasteiger partial charge on any atom is 0.323 e. The summed E-state index contributed by atoms with van der Waals surface area (Å²) in [4.78, 5) is 24.2. The second-order valence-electron chi connectivity index (χ2n) is 5.11. The van der Waals surface area contributed by atoms with Crippen LogP contribution in [-0.4, -0.2) is 53.3 Å². The summed E-state index contributed by atoms with van der Waals surface area (Å²) < 4.78 is 5.42. The molecule has 6 nitrogen and oxygen atoms in total. The van der Waals surface area contributed by atoms with Gasteiger partial charge < -0.3 is 20.1 Å². The van der Waals surface area contributed by atoms with Crippen molar-refractivity contribution in [3.8, 4) is 0 Å². The van der Waals surface area contributed by atoms with Gasteiger partial charge in [0.05, 0.1) is 6.10 Å². The van der Waals surface area contributed by atoms with Crippen LogP contribution >= 0.6 is 0 Å². The number of carbonyl (C=O) groups is 2. The van der Waals surface area contributed by atoms with Crippen LogP contribution in [0.5, 0.6) is 0 Å². The Balaban J connectivity index is 1.86. The van der Waals surface area contributed by atoms with E-state index in [1.54, 1.807) is 0 Å². The van der Waals surface area contributed by atoms with E-state index in [9.17, 15) is 9.59 Å². The normalized spacial score (nSPS) is 27.6. The predicted molar refractivity (Wildman–Crippen MR) is 64.3 cm³/mol. The first-order valence-electron chi connectivity index (χ1n) is 6.47. The first kappa shape index (κ1) is 13.1. The van der Waals surface area contributed by atoms with Gasteiger partial charge in [-0.3, -0.25) is 4.79 Å². The number of aliphatic carboxylic acids is 1. The van der Waals surface area contributed by atoms with Crippen LogP contribution in [0.4, 0.5) is 4.79 Å². The molecule has 2 unspecified atom stereocenters. The third kappa shape index (κ3) is 3.60. The highest BCUT2D eigenvalue weighted by Gasteiger charge is 2.35. The molecule has 2 rings (SSSR count). The van der Waals surface area contributed by atoms with Crippen LogP contribution in [0.15, 0.2) is 0 Å². The Kier molecular flexibility index (Phi) is 4.06. The minimum Gasteiger partial charge on any atom is -0.480 e. The summed E-state index contributed by atoms with van der Waals surface area (Å²) in [5.74, 6) is -0.961. The van der Waals surface area contributed by atoms with Gasteiger partial charge in [0.25, 0.3) is 0 Å². The fourth-order valence-electron chi connectivity index (χ4n) is 2.29. The molecule has 102 valence electrons. The highest BCUT2D eigenvalue weighted by atomic mass is 16.5. The fourth-order valence-corrected chi connectivity index (χ4v) is 2.29. The number of hydrogen-bond acceptors (Lipinski definition) is 3. The van der Waals surface area contributed by atoms with E-state index in [1.165, 1.54) is 4.90 Å². The lowest BCUT2D eigenvalue weighted by Gasteiger charge is -2.30. The highest BCUT2D eigenvalue weighted by Crippen LogP contribution is 2.27. The van der Waals surface area contributed by atoms with Gasteiger partial charge in [-0.15, -0.1) is 0 Å². The molecule has 18 heavy (non-hydrogen) atoms. The van der Waals surface area contributed by atoms with Gasteiger partial charge in [0.1, 0.15) is 6.54 Å². The van der Waals surface area contributed by atoms with Crippen molar-refractivity contribution in [3.05, 3.63) is 0 Å². The Morgan fingerprint density at radius 1 is 1.39 bits per heavy atom. The molecule has 1 aliphatic heterocycles. The van der Waals surface area contributed by atoms with E-state index in [-0.39, 0.29) is 30.8 Å². The lowest BCUT2D eigenvalue weighted by Crippen LogP contribution is -2.49. The van der Waals surface area contributed by atoms with Crippen molar-refractivity contribution >= 4 is 12.0 Å². The molecule has 0 radical (unpaired) electrons. The van der Waals surface area contributed by atoms with Gasteiger partial charge in [-0.25, -0.2) is 4.79 Å². The zero-order valence-electron chi connectivity index (χ0n) is 10.6. The summed E-state index contributed by atoms with van der Waals surface area (Å²) >= 11 is 0. The van der Waals surface area contributed by atoms with E-state index in [0.717, 1.165) is 25.7 Å². The number of hydrogen-bond donors (Lipinski definition) is 2. The summed E-state index contributed by atoms with van der Waals surface area (Å²) in [6.45, 7) is 2.41. The maximum absolute atomic E-state index is 12.0. The van der Waals surface area contributed by atoms with E-state index in [2.05, 4.69) is 5.32 Å². The number of carboxylic acid groups (broad SMARTS) is 1. The Morgan fingerprint density at radius 3 is 2.67 bits per heavy atom. The quantitative estimate of drug-likeness (QED) is 0.780. The van der Waals surface area contributed by atoms with Crippen LogP contribution in [0.2, 0.25) is 0 Å². The maximum atomic E-state index is 12.0. The lowest BCUT2D eigenvalue weighted by molar-refractivity contribution is -0.137. The summed E-state index contributed by atoms with van der Waals surface area (Å²) in [5.41, 5.74) is 0. The van der Waals surface area contributed by atoms with Crippen LogP contribution in [0.25, 0.3) is 0 Å². The zero-order chi connectivity index (χ0) is 13.1. The fraction of sp³-hybridized carbons (Fsp3) is 0.833. The number of carboxylic acids is 1. The molecule has 0 aromatic heterocycles. The molecule has 0 aromatic carbocycles. The van der Waals surface area contributed by atoms with E-state index >= 15 is 0 Å². The van der Waals surface area contributed by atoms with Gasteiger partial charge in [0.15, 0.2) is 0 Å². The first-order valence-corrected chi connectivity index (χ1v) is 6.47. The molecule has 0 aromatic rings. The van der Waals surface area contributed by atoms with Crippen LogP contribution in [0.1, 0.15) is 32.6 Å². The van der Waals surface area contributed by atoms with Gasteiger partial charge in [0.2, 0.25) is 0 Å².